The van der Waals surface area contributed by atoms with Crippen molar-refractivity contribution in [3.8, 4) is 23.3 Å². The van der Waals surface area contributed by atoms with E-state index in [1.165, 1.54) is 7.11 Å². The lowest BCUT2D eigenvalue weighted by atomic mass is 10.2. The highest BCUT2D eigenvalue weighted by atomic mass is 16.5. The molecule has 0 aliphatic heterocycles. The second-order valence-corrected chi connectivity index (χ2v) is 4.29. The SMILES string of the molecule is COc1ccc(NCc2ccccc2OCC#N)cc1O. The molecule has 5 heteroatoms. The molecule has 2 N–H and O–H groups in total. The molecule has 0 spiro atoms. The molecule has 2 aromatic carbocycles. The monoisotopic (exact) mass is 284 g/mol. The number of phenolic OH excluding ortho intramolecular Hbond substituents is 1. The van der Waals surface area contributed by atoms with Crippen LogP contribution in [0.3, 0.4) is 0 Å². The molecule has 0 aromatic heterocycles. The molecule has 0 atom stereocenters. The van der Waals surface area contributed by atoms with Crippen molar-refractivity contribution < 1.29 is 14.6 Å². The first-order valence-electron chi connectivity index (χ1n) is 6.43. The zero-order valence-electron chi connectivity index (χ0n) is 11.7. The van der Waals surface area contributed by atoms with Gasteiger partial charge >= 0.3 is 0 Å². The highest BCUT2D eigenvalue weighted by molar-refractivity contribution is 5.54. The summed E-state index contributed by atoms with van der Waals surface area (Å²) in [6.07, 6.45) is 0. The molecule has 0 bridgehead atoms. The van der Waals surface area contributed by atoms with E-state index in [1.807, 2.05) is 36.4 Å². The average molecular weight is 284 g/mol. The second kappa shape index (κ2) is 7.06. The van der Waals surface area contributed by atoms with Gasteiger partial charge in [-0.3, -0.25) is 0 Å². The predicted molar refractivity (Wildman–Crippen MR) is 79.5 cm³/mol. The van der Waals surface area contributed by atoms with Gasteiger partial charge in [-0.05, 0) is 18.2 Å². The molecule has 0 saturated heterocycles. The van der Waals surface area contributed by atoms with E-state index in [2.05, 4.69) is 5.32 Å². The maximum atomic E-state index is 9.73. The van der Waals surface area contributed by atoms with Gasteiger partial charge in [0.05, 0.1) is 7.11 Å². The summed E-state index contributed by atoms with van der Waals surface area (Å²) in [5, 5.41) is 21.5. The van der Waals surface area contributed by atoms with Crippen LogP contribution in [0.2, 0.25) is 0 Å². The van der Waals surface area contributed by atoms with Crippen LogP contribution >= 0.6 is 0 Å². The largest absolute Gasteiger partial charge is 0.504 e. The van der Waals surface area contributed by atoms with Crippen LogP contribution in [0.4, 0.5) is 5.69 Å². The van der Waals surface area contributed by atoms with Gasteiger partial charge in [-0.15, -0.1) is 0 Å². The molecule has 5 nitrogen and oxygen atoms in total. The Kier molecular flexibility index (Phi) is 4.89. The lowest BCUT2D eigenvalue weighted by Gasteiger charge is -2.12. The summed E-state index contributed by atoms with van der Waals surface area (Å²) in [5.74, 6) is 1.18. The van der Waals surface area contributed by atoms with Crippen molar-refractivity contribution in [3.63, 3.8) is 0 Å². The highest BCUT2D eigenvalue weighted by Gasteiger charge is 2.05. The van der Waals surface area contributed by atoms with Crippen LogP contribution in [0.1, 0.15) is 5.56 Å². The smallest absolute Gasteiger partial charge is 0.174 e. The van der Waals surface area contributed by atoms with E-state index in [-0.39, 0.29) is 12.4 Å². The van der Waals surface area contributed by atoms with Crippen LogP contribution in [0.25, 0.3) is 0 Å². The van der Waals surface area contributed by atoms with Gasteiger partial charge < -0.3 is 19.9 Å². The minimum absolute atomic E-state index is 0.0142. The summed E-state index contributed by atoms with van der Waals surface area (Å²) in [4.78, 5) is 0. The molecule has 0 radical (unpaired) electrons. The molecule has 0 fully saturated rings. The van der Waals surface area contributed by atoms with Crippen LogP contribution in [-0.4, -0.2) is 18.8 Å². The average Bonchev–Trinajstić information content (AvgIpc) is 2.52. The van der Waals surface area contributed by atoms with Gasteiger partial charge in [0.25, 0.3) is 0 Å². The van der Waals surface area contributed by atoms with Crippen molar-refractivity contribution in [1.82, 2.24) is 0 Å². The molecule has 0 aliphatic carbocycles. The second-order valence-electron chi connectivity index (χ2n) is 4.29. The van der Waals surface area contributed by atoms with E-state index in [0.717, 1.165) is 11.3 Å². The van der Waals surface area contributed by atoms with Crippen LogP contribution in [-0.2, 0) is 6.54 Å². The number of benzene rings is 2. The van der Waals surface area contributed by atoms with Gasteiger partial charge in [0.2, 0.25) is 0 Å². The third-order valence-electron chi connectivity index (χ3n) is 2.93. The number of nitriles is 1. The van der Waals surface area contributed by atoms with E-state index in [0.29, 0.717) is 18.0 Å². The molecule has 2 rings (SSSR count). The maximum absolute atomic E-state index is 9.73. The van der Waals surface area contributed by atoms with Crippen molar-refractivity contribution in [2.75, 3.05) is 19.0 Å². The van der Waals surface area contributed by atoms with E-state index >= 15 is 0 Å². The number of hydrogen-bond donors (Lipinski definition) is 2. The third-order valence-corrected chi connectivity index (χ3v) is 2.93. The molecule has 2 aromatic rings. The minimum atomic E-state index is 0.0142. The number of hydrogen-bond acceptors (Lipinski definition) is 5. The number of para-hydroxylation sites is 1. The van der Waals surface area contributed by atoms with Crippen LogP contribution in [0.5, 0.6) is 17.2 Å². The van der Waals surface area contributed by atoms with Crippen molar-refractivity contribution in [1.29, 1.82) is 5.26 Å². The maximum Gasteiger partial charge on any atom is 0.174 e. The van der Waals surface area contributed by atoms with Gasteiger partial charge in [-0.25, -0.2) is 0 Å². The number of phenols is 1. The van der Waals surface area contributed by atoms with E-state index in [9.17, 15) is 5.11 Å². The first-order chi connectivity index (χ1) is 10.2. The molecule has 0 aliphatic rings. The Hall–Kier alpha value is -2.87. The number of aromatic hydroxyl groups is 1. The molecule has 0 amide bonds. The van der Waals surface area contributed by atoms with E-state index in [1.54, 1.807) is 12.1 Å². The minimum Gasteiger partial charge on any atom is -0.504 e. The van der Waals surface area contributed by atoms with E-state index in [4.69, 9.17) is 14.7 Å². The predicted octanol–water partition coefficient (Wildman–Crippen LogP) is 2.92. The lowest BCUT2D eigenvalue weighted by molar-refractivity contribution is 0.364. The normalized spacial score (nSPS) is 9.71. The fourth-order valence-corrected chi connectivity index (χ4v) is 1.90. The molecule has 0 saturated carbocycles. The summed E-state index contributed by atoms with van der Waals surface area (Å²) >= 11 is 0. The third kappa shape index (κ3) is 3.80. The van der Waals surface area contributed by atoms with Crippen LogP contribution < -0.4 is 14.8 Å². The van der Waals surface area contributed by atoms with Crippen molar-refractivity contribution in [2.45, 2.75) is 6.54 Å². The van der Waals surface area contributed by atoms with Gasteiger partial charge in [-0.2, -0.15) is 5.26 Å². The quantitative estimate of drug-likeness (QED) is 0.853. The van der Waals surface area contributed by atoms with Crippen LogP contribution in [0.15, 0.2) is 42.5 Å². The van der Waals surface area contributed by atoms with Gasteiger partial charge in [-0.1, -0.05) is 18.2 Å². The van der Waals surface area contributed by atoms with Crippen molar-refractivity contribution >= 4 is 5.69 Å². The summed E-state index contributed by atoms with van der Waals surface area (Å²) in [6, 6.07) is 14.5. The topological polar surface area (TPSA) is 74.5 Å². The lowest BCUT2D eigenvalue weighted by Crippen LogP contribution is -2.03. The number of ether oxygens (including phenoxy) is 2. The molecule has 108 valence electrons. The Morgan fingerprint density at radius 3 is 2.71 bits per heavy atom. The first kappa shape index (κ1) is 14.5. The molecular formula is C16H16N2O3. The molecule has 21 heavy (non-hydrogen) atoms. The standard InChI is InChI=1S/C16H16N2O3/c1-20-16-7-6-13(10-14(16)19)18-11-12-4-2-3-5-15(12)21-9-8-17/h2-7,10,18-19H,9,11H2,1H3. The van der Waals surface area contributed by atoms with E-state index < -0.39 is 0 Å². The van der Waals surface area contributed by atoms with Gasteiger partial charge in [0.15, 0.2) is 18.1 Å². The number of rotatable bonds is 6. The Morgan fingerprint density at radius 2 is 2.00 bits per heavy atom. The number of anilines is 1. The van der Waals surface area contributed by atoms with Gasteiger partial charge in [0.1, 0.15) is 11.8 Å². The fourth-order valence-electron chi connectivity index (χ4n) is 1.90. The number of nitrogens with zero attached hydrogens (tertiary/aromatic N) is 1. The van der Waals surface area contributed by atoms with Crippen molar-refractivity contribution in [3.05, 3.63) is 48.0 Å². The molecule has 0 heterocycles. The Bertz CT molecular complexity index is 650. The Labute approximate surface area is 123 Å². The van der Waals surface area contributed by atoms with Crippen LogP contribution in [0, 0.1) is 11.3 Å². The first-order valence-corrected chi connectivity index (χ1v) is 6.43. The van der Waals surface area contributed by atoms with Gasteiger partial charge in [0, 0.05) is 23.9 Å². The Morgan fingerprint density at radius 1 is 1.19 bits per heavy atom. The van der Waals surface area contributed by atoms with Crippen molar-refractivity contribution in [2.24, 2.45) is 0 Å². The molecular weight excluding hydrogens is 268 g/mol. The number of methoxy groups -OCH3 is 1. The zero-order chi connectivity index (χ0) is 15.1. The molecule has 0 unspecified atom stereocenters. The number of nitrogens with one attached hydrogen (secondary N) is 1. The highest BCUT2D eigenvalue weighted by Crippen LogP contribution is 2.29. The fraction of sp³-hybridized carbons (Fsp3) is 0.188. The summed E-state index contributed by atoms with van der Waals surface area (Å²) in [6.45, 7) is 0.535. The summed E-state index contributed by atoms with van der Waals surface area (Å²) in [5.41, 5.74) is 1.70. The summed E-state index contributed by atoms with van der Waals surface area (Å²) in [7, 11) is 1.50. The summed E-state index contributed by atoms with van der Waals surface area (Å²) < 4.78 is 10.4. The Balaban J connectivity index is 2.06. The zero-order valence-corrected chi connectivity index (χ0v) is 11.7.